The number of nitrogens with zero attached hydrogens (tertiary/aromatic N) is 2. The molecule has 5 nitrogen and oxygen atoms in total. The standard InChI is InChI=1S/C19H24FN3O2/c1-22(14-5-3-4-6-14)9-10-23(2)19(25)16-12-18(24)21-17-11-13(20)7-8-15(16)17/h7-8,11-12,14H,3-6,9-10H2,1-2H3,(H,21,24). The second-order valence-corrected chi connectivity index (χ2v) is 6.88. The molecule has 0 radical (unpaired) electrons. The van der Waals surface area contributed by atoms with Crippen molar-refractivity contribution in [3.8, 4) is 0 Å². The summed E-state index contributed by atoms with van der Waals surface area (Å²) in [5, 5.41) is 0.557. The predicted octanol–water partition coefficient (Wildman–Crippen LogP) is 2.61. The first-order valence-corrected chi connectivity index (χ1v) is 8.74. The fraction of sp³-hybridized carbons (Fsp3) is 0.474. The van der Waals surface area contributed by atoms with Crippen LogP contribution in [0.15, 0.2) is 29.1 Å². The van der Waals surface area contributed by atoms with Crippen molar-refractivity contribution < 1.29 is 9.18 Å². The number of carbonyl (C=O) groups is 1. The van der Waals surface area contributed by atoms with Crippen molar-refractivity contribution in [3.63, 3.8) is 0 Å². The van der Waals surface area contributed by atoms with Gasteiger partial charge < -0.3 is 14.8 Å². The summed E-state index contributed by atoms with van der Waals surface area (Å²) < 4.78 is 13.4. The van der Waals surface area contributed by atoms with Crippen molar-refractivity contribution in [2.24, 2.45) is 0 Å². The van der Waals surface area contributed by atoms with Gasteiger partial charge >= 0.3 is 0 Å². The third-order valence-corrected chi connectivity index (χ3v) is 5.12. The summed E-state index contributed by atoms with van der Waals surface area (Å²) in [6.07, 6.45) is 5.00. The third-order valence-electron chi connectivity index (χ3n) is 5.12. The fourth-order valence-corrected chi connectivity index (χ4v) is 3.55. The molecule has 3 rings (SSSR count). The highest BCUT2D eigenvalue weighted by atomic mass is 19.1. The topological polar surface area (TPSA) is 56.4 Å². The fourth-order valence-electron chi connectivity index (χ4n) is 3.55. The maximum Gasteiger partial charge on any atom is 0.254 e. The van der Waals surface area contributed by atoms with Crippen molar-refractivity contribution in [2.45, 2.75) is 31.7 Å². The van der Waals surface area contributed by atoms with Gasteiger partial charge in [0.15, 0.2) is 0 Å². The van der Waals surface area contributed by atoms with Crippen molar-refractivity contribution in [1.82, 2.24) is 14.8 Å². The van der Waals surface area contributed by atoms with Gasteiger partial charge in [-0.2, -0.15) is 0 Å². The molecular weight excluding hydrogens is 321 g/mol. The van der Waals surface area contributed by atoms with Gasteiger partial charge in [-0.1, -0.05) is 12.8 Å². The minimum atomic E-state index is -0.445. The molecular formula is C19H24FN3O2. The van der Waals surface area contributed by atoms with Crippen LogP contribution < -0.4 is 5.56 Å². The van der Waals surface area contributed by atoms with E-state index in [0.29, 0.717) is 29.1 Å². The molecule has 1 aromatic heterocycles. The number of aromatic nitrogens is 1. The van der Waals surface area contributed by atoms with Crippen LogP contribution in [0.3, 0.4) is 0 Å². The molecule has 0 unspecified atom stereocenters. The van der Waals surface area contributed by atoms with Crippen LogP contribution in [0.2, 0.25) is 0 Å². The molecule has 6 heteroatoms. The number of benzene rings is 1. The first kappa shape index (κ1) is 17.6. The number of rotatable bonds is 5. The second kappa shape index (κ2) is 7.35. The van der Waals surface area contributed by atoms with E-state index in [2.05, 4.69) is 16.9 Å². The van der Waals surface area contributed by atoms with Gasteiger partial charge in [0, 0.05) is 37.6 Å². The van der Waals surface area contributed by atoms with Gasteiger partial charge in [-0.3, -0.25) is 9.59 Å². The van der Waals surface area contributed by atoms with E-state index in [-0.39, 0.29) is 5.91 Å². The van der Waals surface area contributed by atoms with Gasteiger partial charge in [-0.25, -0.2) is 4.39 Å². The zero-order valence-corrected chi connectivity index (χ0v) is 14.7. The van der Waals surface area contributed by atoms with Gasteiger partial charge in [0.25, 0.3) is 5.91 Å². The SMILES string of the molecule is CN(CCN(C)C1CCCC1)C(=O)c1cc(=O)[nH]c2cc(F)ccc12. The van der Waals surface area contributed by atoms with Crippen molar-refractivity contribution in [3.05, 3.63) is 46.0 Å². The summed E-state index contributed by atoms with van der Waals surface area (Å²) in [7, 11) is 3.83. The summed E-state index contributed by atoms with van der Waals surface area (Å²) in [4.78, 5) is 31.1. The highest BCUT2D eigenvalue weighted by molar-refractivity contribution is 6.05. The Morgan fingerprint density at radius 3 is 2.64 bits per heavy atom. The normalized spacial score (nSPS) is 15.2. The predicted molar refractivity (Wildman–Crippen MR) is 96.4 cm³/mol. The van der Waals surface area contributed by atoms with E-state index in [4.69, 9.17) is 0 Å². The summed E-state index contributed by atoms with van der Waals surface area (Å²) >= 11 is 0. The van der Waals surface area contributed by atoms with Crippen LogP contribution in [-0.2, 0) is 0 Å². The minimum absolute atomic E-state index is 0.220. The summed E-state index contributed by atoms with van der Waals surface area (Å²) in [6.45, 7) is 1.38. The highest BCUT2D eigenvalue weighted by Gasteiger charge is 2.21. The maximum absolute atomic E-state index is 13.4. The smallest absolute Gasteiger partial charge is 0.254 e. The quantitative estimate of drug-likeness (QED) is 0.906. The van der Waals surface area contributed by atoms with E-state index in [9.17, 15) is 14.0 Å². The van der Waals surface area contributed by atoms with Gasteiger partial charge in [0.05, 0.1) is 11.1 Å². The molecule has 0 spiro atoms. The molecule has 2 aromatic rings. The van der Waals surface area contributed by atoms with E-state index in [1.807, 2.05) is 0 Å². The molecule has 1 amide bonds. The Morgan fingerprint density at radius 2 is 1.92 bits per heavy atom. The number of hydrogen-bond donors (Lipinski definition) is 1. The van der Waals surface area contributed by atoms with Crippen LogP contribution in [0.5, 0.6) is 0 Å². The molecule has 1 fully saturated rings. The summed E-state index contributed by atoms with van der Waals surface area (Å²) in [5.74, 6) is -0.665. The number of halogens is 1. The number of amides is 1. The third kappa shape index (κ3) is 3.90. The molecule has 0 aliphatic heterocycles. The molecule has 0 saturated heterocycles. The van der Waals surface area contributed by atoms with Gasteiger partial charge in [-0.15, -0.1) is 0 Å². The summed E-state index contributed by atoms with van der Waals surface area (Å²) in [6, 6.07) is 5.96. The highest BCUT2D eigenvalue weighted by Crippen LogP contribution is 2.22. The molecule has 1 aliphatic rings. The van der Waals surface area contributed by atoms with Crippen molar-refractivity contribution >= 4 is 16.8 Å². The van der Waals surface area contributed by atoms with Crippen molar-refractivity contribution in [1.29, 1.82) is 0 Å². The van der Waals surface area contributed by atoms with E-state index in [1.54, 1.807) is 11.9 Å². The molecule has 1 N–H and O–H groups in total. The van der Waals surface area contributed by atoms with Gasteiger partial charge in [-0.05, 0) is 38.1 Å². The van der Waals surface area contributed by atoms with Crippen molar-refractivity contribution in [2.75, 3.05) is 27.2 Å². The molecule has 25 heavy (non-hydrogen) atoms. The lowest BCUT2D eigenvalue weighted by Crippen LogP contribution is -2.38. The Morgan fingerprint density at radius 1 is 1.20 bits per heavy atom. The Bertz CT molecular complexity index is 827. The minimum Gasteiger partial charge on any atom is -0.340 e. The molecule has 0 atom stereocenters. The van der Waals surface area contributed by atoms with Gasteiger partial charge in [0.2, 0.25) is 5.56 Å². The number of fused-ring (bicyclic) bond motifs is 1. The number of H-pyrrole nitrogens is 1. The Hall–Kier alpha value is -2.21. The Labute approximate surface area is 146 Å². The number of aromatic amines is 1. The number of carbonyl (C=O) groups excluding carboxylic acids is 1. The zero-order valence-electron chi connectivity index (χ0n) is 14.7. The summed E-state index contributed by atoms with van der Waals surface area (Å²) in [5.41, 5.74) is 0.245. The number of likely N-dealkylation sites (N-methyl/N-ethyl adjacent to an activating group) is 2. The number of nitrogens with one attached hydrogen (secondary N) is 1. The van der Waals surface area contributed by atoms with Crippen LogP contribution >= 0.6 is 0 Å². The number of hydrogen-bond acceptors (Lipinski definition) is 3. The van der Waals surface area contributed by atoms with Crippen LogP contribution in [0.4, 0.5) is 4.39 Å². The molecule has 1 aliphatic carbocycles. The first-order valence-electron chi connectivity index (χ1n) is 8.74. The van der Waals surface area contributed by atoms with Crippen LogP contribution in [0, 0.1) is 5.82 Å². The average Bonchev–Trinajstić information content (AvgIpc) is 3.12. The van der Waals surface area contributed by atoms with E-state index in [0.717, 1.165) is 6.54 Å². The molecule has 1 saturated carbocycles. The van der Waals surface area contributed by atoms with E-state index >= 15 is 0 Å². The first-order chi connectivity index (χ1) is 12.0. The Balaban J connectivity index is 1.75. The van der Waals surface area contributed by atoms with E-state index < -0.39 is 11.4 Å². The average molecular weight is 345 g/mol. The lowest BCUT2D eigenvalue weighted by molar-refractivity contribution is 0.0776. The Kier molecular flexibility index (Phi) is 5.18. The lowest BCUT2D eigenvalue weighted by Gasteiger charge is -2.27. The van der Waals surface area contributed by atoms with Crippen LogP contribution in [0.1, 0.15) is 36.0 Å². The maximum atomic E-state index is 13.4. The van der Waals surface area contributed by atoms with Crippen LogP contribution in [-0.4, -0.2) is 53.9 Å². The van der Waals surface area contributed by atoms with Gasteiger partial charge in [0.1, 0.15) is 5.82 Å². The molecule has 0 bridgehead atoms. The second-order valence-electron chi connectivity index (χ2n) is 6.88. The molecule has 1 heterocycles. The van der Waals surface area contributed by atoms with E-state index in [1.165, 1.54) is 49.9 Å². The number of pyridine rings is 1. The monoisotopic (exact) mass is 345 g/mol. The molecule has 134 valence electrons. The molecule has 1 aromatic carbocycles. The lowest BCUT2D eigenvalue weighted by atomic mass is 10.1. The zero-order chi connectivity index (χ0) is 18.0. The van der Waals surface area contributed by atoms with Crippen LogP contribution in [0.25, 0.3) is 10.9 Å². The largest absolute Gasteiger partial charge is 0.340 e.